The lowest BCUT2D eigenvalue weighted by Gasteiger charge is -2.16. The van der Waals surface area contributed by atoms with Crippen molar-refractivity contribution in [2.45, 2.75) is 33.1 Å². The van der Waals surface area contributed by atoms with Crippen LogP contribution in [-0.2, 0) is 22.4 Å². The number of aliphatic hydroxyl groups is 1. The maximum atomic E-state index is 11.2. The number of aryl methyl sites for hydroxylation is 3. The van der Waals surface area contributed by atoms with E-state index in [9.17, 15) is 4.79 Å². The second-order valence-corrected chi connectivity index (χ2v) is 6.39. The predicted molar refractivity (Wildman–Crippen MR) is 108 cm³/mol. The molecule has 0 saturated heterocycles. The normalized spacial score (nSPS) is 10.5. The number of hydrogen-bond donors (Lipinski definition) is 1. The molecular formula is C23H28O4. The lowest BCUT2D eigenvalue weighted by Crippen LogP contribution is -2.11. The van der Waals surface area contributed by atoms with Gasteiger partial charge >= 0.3 is 5.97 Å². The van der Waals surface area contributed by atoms with Crippen LogP contribution in [0.2, 0.25) is 0 Å². The van der Waals surface area contributed by atoms with Gasteiger partial charge in [-0.15, -0.1) is 0 Å². The summed E-state index contributed by atoms with van der Waals surface area (Å²) in [7, 11) is 0. The molecule has 2 aromatic rings. The van der Waals surface area contributed by atoms with Gasteiger partial charge in [-0.3, -0.25) is 0 Å². The highest BCUT2D eigenvalue weighted by Gasteiger charge is 2.12. The van der Waals surface area contributed by atoms with Gasteiger partial charge in [-0.1, -0.05) is 49.4 Å². The minimum Gasteiger partial charge on any atom is -0.489 e. The summed E-state index contributed by atoms with van der Waals surface area (Å²) in [5, 5.41) is 9.08. The van der Waals surface area contributed by atoms with Gasteiger partial charge in [0.05, 0.1) is 0 Å². The second kappa shape index (κ2) is 10.5. The molecule has 4 nitrogen and oxygen atoms in total. The molecule has 1 N–H and O–H groups in total. The summed E-state index contributed by atoms with van der Waals surface area (Å²) in [6.07, 6.45) is 3.56. The summed E-state index contributed by atoms with van der Waals surface area (Å²) in [6.45, 7) is 8.21. The Labute approximate surface area is 161 Å². The highest BCUT2D eigenvalue weighted by Crippen LogP contribution is 2.34. The van der Waals surface area contributed by atoms with Crippen molar-refractivity contribution in [1.82, 2.24) is 0 Å². The van der Waals surface area contributed by atoms with Crippen LogP contribution in [-0.4, -0.2) is 30.9 Å². The van der Waals surface area contributed by atoms with Crippen molar-refractivity contribution in [2.24, 2.45) is 0 Å². The van der Waals surface area contributed by atoms with E-state index in [1.54, 1.807) is 0 Å². The van der Waals surface area contributed by atoms with Gasteiger partial charge in [0.2, 0.25) is 0 Å². The summed E-state index contributed by atoms with van der Waals surface area (Å²) < 4.78 is 11.0. The Hall–Kier alpha value is -2.59. The molecule has 0 aromatic heterocycles. The van der Waals surface area contributed by atoms with Crippen molar-refractivity contribution in [3.05, 3.63) is 65.7 Å². The number of rotatable bonds is 10. The standard InChI is InChI=1S/C23H28O4/c1-4-19-15-17(3)8-10-20(19)21-11-9-18(7-6-12-24)16-22(21)26-13-14-27-23(25)5-2/h5,8-11,15-16,24H,2,4,6-7,12-14H2,1,3H3. The molecule has 27 heavy (non-hydrogen) atoms. The van der Waals surface area contributed by atoms with Crippen molar-refractivity contribution >= 4 is 5.97 Å². The molecular weight excluding hydrogens is 340 g/mol. The first-order valence-electron chi connectivity index (χ1n) is 9.34. The van der Waals surface area contributed by atoms with Crippen LogP contribution in [0.15, 0.2) is 49.1 Å². The molecule has 0 saturated carbocycles. The Bertz CT molecular complexity index is 780. The molecule has 2 aromatic carbocycles. The molecule has 0 amide bonds. The lowest BCUT2D eigenvalue weighted by atomic mass is 9.94. The van der Waals surface area contributed by atoms with E-state index in [-0.39, 0.29) is 19.8 Å². The zero-order chi connectivity index (χ0) is 19.6. The zero-order valence-corrected chi connectivity index (χ0v) is 16.2. The highest BCUT2D eigenvalue weighted by atomic mass is 16.6. The Balaban J connectivity index is 2.29. The van der Waals surface area contributed by atoms with Crippen molar-refractivity contribution in [3.8, 4) is 16.9 Å². The van der Waals surface area contributed by atoms with Gasteiger partial charge < -0.3 is 14.6 Å². The van der Waals surface area contributed by atoms with Gasteiger partial charge in [0.25, 0.3) is 0 Å². The molecule has 0 aliphatic rings. The van der Waals surface area contributed by atoms with Gasteiger partial charge in [0.15, 0.2) is 0 Å². The number of ether oxygens (including phenoxy) is 2. The Morgan fingerprint density at radius 2 is 1.93 bits per heavy atom. The van der Waals surface area contributed by atoms with E-state index >= 15 is 0 Å². The van der Waals surface area contributed by atoms with E-state index in [0.29, 0.717) is 6.42 Å². The van der Waals surface area contributed by atoms with E-state index in [1.165, 1.54) is 11.1 Å². The molecule has 0 atom stereocenters. The number of carbonyl (C=O) groups excluding carboxylic acids is 1. The van der Waals surface area contributed by atoms with Gasteiger partial charge in [-0.2, -0.15) is 0 Å². The number of carbonyl (C=O) groups is 1. The van der Waals surface area contributed by atoms with Crippen molar-refractivity contribution in [3.63, 3.8) is 0 Å². The minimum absolute atomic E-state index is 0.160. The van der Waals surface area contributed by atoms with Crippen LogP contribution in [0.3, 0.4) is 0 Å². The Kier molecular flexibility index (Phi) is 8.08. The van der Waals surface area contributed by atoms with Crippen LogP contribution >= 0.6 is 0 Å². The molecule has 0 fully saturated rings. The van der Waals surface area contributed by atoms with Crippen molar-refractivity contribution in [2.75, 3.05) is 19.8 Å². The fourth-order valence-electron chi connectivity index (χ4n) is 2.98. The first kappa shape index (κ1) is 20.7. The van der Waals surface area contributed by atoms with Gasteiger partial charge in [0, 0.05) is 18.2 Å². The average Bonchev–Trinajstić information content (AvgIpc) is 2.69. The molecule has 0 aliphatic heterocycles. The second-order valence-electron chi connectivity index (χ2n) is 6.39. The molecule has 0 bridgehead atoms. The van der Waals surface area contributed by atoms with Crippen molar-refractivity contribution in [1.29, 1.82) is 0 Å². The summed E-state index contributed by atoms with van der Waals surface area (Å²) in [5.74, 6) is 0.306. The molecule has 0 spiro atoms. The average molecular weight is 368 g/mol. The molecule has 0 unspecified atom stereocenters. The van der Waals surface area contributed by atoms with Crippen LogP contribution in [0.5, 0.6) is 5.75 Å². The van der Waals surface area contributed by atoms with Gasteiger partial charge in [-0.05, 0) is 48.9 Å². The van der Waals surface area contributed by atoms with Crippen LogP contribution in [0.1, 0.15) is 30.0 Å². The summed E-state index contributed by atoms with van der Waals surface area (Å²) in [6, 6.07) is 12.6. The Morgan fingerprint density at radius 1 is 1.15 bits per heavy atom. The summed E-state index contributed by atoms with van der Waals surface area (Å²) >= 11 is 0. The fraction of sp³-hybridized carbons (Fsp3) is 0.348. The molecule has 144 valence electrons. The van der Waals surface area contributed by atoms with Crippen LogP contribution in [0, 0.1) is 6.92 Å². The molecule has 0 aliphatic carbocycles. The molecule has 4 heteroatoms. The van der Waals surface area contributed by atoms with E-state index in [4.69, 9.17) is 14.6 Å². The monoisotopic (exact) mass is 368 g/mol. The van der Waals surface area contributed by atoms with E-state index in [2.05, 4.69) is 50.8 Å². The fourth-order valence-corrected chi connectivity index (χ4v) is 2.98. The smallest absolute Gasteiger partial charge is 0.330 e. The third kappa shape index (κ3) is 5.97. The van der Waals surface area contributed by atoms with Gasteiger partial charge in [0.1, 0.15) is 19.0 Å². The maximum absolute atomic E-state index is 11.2. The Morgan fingerprint density at radius 3 is 2.63 bits per heavy atom. The highest BCUT2D eigenvalue weighted by molar-refractivity contribution is 5.81. The zero-order valence-electron chi connectivity index (χ0n) is 16.2. The number of aliphatic hydroxyl groups excluding tert-OH is 1. The predicted octanol–water partition coefficient (Wildman–Crippen LogP) is 4.26. The van der Waals surface area contributed by atoms with E-state index in [1.807, 2.05) is 6.07 Å². The number of esters is 1. The first-order valence-corrected chi connectivity index (χ1v) is 9.34. The third-order valence-corrected chi connectivity index (χ3v) is 4.35. The number of hydrogen-bond acceptors (Lipinski definition) is 4. The third-order valence-electron chi connectivity index (χ3n) is 4.35. The summed E-state index contributed by atoms with van der Waals surface area (Å²) in [4.78, 5) is 11.2. The quantitative estimate of drug-likeness (QED) is 0.387. The number of benzene rings is 2. The van der Waals surface area contributed by atoms with Crippen molar-refractivity contribution < 1.29 is 19.4 Å². The minimum atomic E-state index is -0.456. The maximum Gasteiger partial charge on any atom is 0.330 e. The first-order chi connectivity index (χ1) is 13.1. The van der Waals surface area contributed by atoms with Crippen LogP contribution in [0.4, 0.5) is 0 Å². The van der Waals surface area contributed by atoms with E-state index in [0.717, 1.165) is 41.4 Å². The molecule has 0 radical (unpaired) electrons. The summed E-state index contributed by atoms with van der Waals surface area (Å²) in [5.41, 5.74) is 5.77. The molecule has 2 rings (SSSR count). The van der Waals surface area contributed by atoms with Crippen LogP contribution in [0.25, 0.3) is 11.1 Å². The largest absolute Gasteiger partial charge is 0.489 e. The lowest BCUT2D eigenvalue weighted by molar-refractivity contribution is -0.138. The molecule has 0 heterocycles. The topological polar surface area (TPSA) is 55.8 Å². The van der Waals surface area contributed by atoms with E-state index < -0.39 is 5.97 Å². The van der Waals surface area contributed by atoms with Gasteiger partial charge in [-0.25, -0.2) is 4.79 Å². The van der Waals surface area contributed by atoms with Crippen LogP contribution < -0.4 is 4.74 Å². The SMILES string of the molecule is C=CC(=O)OCCOc1cc(CCCO)ccc1-c1ccc(C)cc1CC.